The van der Waals surface area contributed by atoms with Gasteiger partial charge in [-0.1, -0.05) is 23.7 Å². The molecule has 0 amide bonds. The summed E-state index contributed by atoms with van der Waals surface area (Å²) in [7, 11) is 0. The molecular weight excluding hydrogens is 190 g/mol. The highest BCUT2D eigenvalue weighted by molar-refractivity contribution is 6.34. The molecule has 0 unspecified atom stereocenters. The van der Waals surface area contributed by atoms with E-state index in [9.17, 15) is 4.79 Å². The number of halogens is 1. The van der Waals surface area contributed by atoms with Crippen LogP contribution in [0.4, 0.5) is 0 Å². The predicted molar refractivity (Wildman–Crippen MR) is 51.0 cm³/mol. The van der Waals surface area contributed by atoms with Gasteiger partial charge in [-0.15, -0.1) is 0 Å². The molecule has 0 bridgehead atoms. The smallest absolute Gasteiger partial charge is 0.337 e. The Labute approximate surface area is 81.1 Å². The molecule has 1 atom stereocenters. The predicted octanol–water partition coefficient (Wildman–Crippen LogP) is 2.06. The van der Waals surface area contributed by atoms with Gasteiger partial charge in [-0.3, -0.25) is 0 Å². The molecule has 1 aromatic rings. The topological polar surface area (TPSA) is 63.3 Å². The zero-order valence-corrected chi connectivity index (χ0v) is 7.88. The molecular formula is C9H10ClNO2. The third-order valence-corrected chi connectivity index (χ3v) is 2.17. The van der Waals surface area contributed by atoms with Crippen LogP contribution in [0.1, 0.15) is 28.9 Å². The summed E-state index contributed by atoms with van der Waals surface area (Å²) in [6, 6.07) is 4.55. The number of carbonyl (C=O) groups is 1. The van der Waals surface area contributed by atoms with Crippen molar-refractivity contribution in [3.63, 3.8) is 0 Å². The summed E-state index contributed by atoms with van der Waals surface area (Å²) in [4.78, 5) is 10.7. The Morgan fingerprint density at radius 2 is 2.23 bits per heavy atom. The van der Waals surface area contributed by atoms with Crippen molar-refractivity contribution in [2.24, 2.45) is 5.73 Å². The fourth-order valence-electron chi connectivity index (χ4n) is 1.07. The van der Waals surface area contributed by atoms with Gasteiger partial charge >= 0.3 is 5.97 Å². The molecule has 0 aromatic heterocycles. The second-order valence-corrected chi connectivity index (χ2v) is 3.18. The highest BCUT2D eigenvalue weighted by Crippen LogP contribution is 2.25. The van der Waals surface area contributed by atoms with E-state index in [2.05, 4.69) is 0 Å². The van der Waals surface area contributed by atoms with E-state index in [4.69, 9.17) is 22.4 Å². The van der Waals surface area contributed by atoms with Gasteiger partial charge in [0.1, 0.15) is 0 Å². The number of hydrogen-bond acceptors (Lipinski definition) is 2. The minimum atomic E-state index is -1.03. The van der Waals surface area contributed by atoms with Crippen LogP contribution >= 0.6 is 11.6 Å². The van der Waals surface area contributed by atoms with E-state index in [0.717, 1.165) is 0 Å². The second kappa shape index (κ2) is 3.77. The number of rotatable bonds is 2. The van der Waals surface area contributed by atoms with Crippen LogP contribution in [0.15, 0.2) is 18.2 Å². The summed E-state index contributed by atoms with van der Waals surface area (Å²) in [6.07, 6.45) is 0. The number of benzene rings is 1. The molecule has 0 aliphatic heterocycles. The SMILES string of the molecule is C[C@H](N)c1cccc(C(=O)O)c1Cl. The maximum atomic E-state index is 10.7. The van der Waals surface area contributed by atoms with Crippen LogP contribution in [0.2, 0.25) is 5.02 Å². The van der Waals surface area contributed by atoms with E-state index in [1.54, 1.807) is 19.1 Å². The van der Waals surface area contributed by atoms with Crippen LogP contribution in [0.25, 0.3) is 0 Å². The highest BCUT2D eigenvalue weighted by atomic mass is 35.5. The normalized spacial score (nSPS) is 12.5. The lowest BCUT2D eigenvalue weighted by atomic mass is 10.1. The molecule has 0 radical (unpaired) electrons. The Kier molecular flexibility index (Phi) is 2.90. The van der Waals surface area contributed by atoms with E-state index < -0.39 is 5.97 Å². The largest absolute Gasteiger partial charge is 0.478 e. The number of carboxylic acids is 1. The van der Waals surface area contributed by atoms with Gasteiger partial charge in [0.05, 0.1) is 10.6 Å². The van der Waals surface area contributed by atoms with E-state index >= 15 is 0 Å². The van der Waals surface area contributed by atoms with Crippen LogP contribution < -0.4 is 5.73 Å². The van der Waals surface area contributed by atoms with Crippen molar-refractivity contribution in [1.82, 2.24) is 0 Å². The first kappa shape index (κ1) is 10.0. The highest BCUT2D eigenvalue weighted by Gasteiger charge is 2.13. The van der Waals surface area contributed by atoms with Gasteiger partial charge in [-0.25, -0.2) is 4.79 Å². The van der Waals surface area contributed by atoms with E-state index in [1.807, 2.05) is 0 Å². The molecule has 70 valence electrons. The maximum absolute atomic E-state index is 10.7. The van der Waals surface area contributed by atoms with E-state index in [1.165, 1.54) is 6.07 Å². The summed E-state index contributed by atoms with van der Waals surface area (Å²) >= 11 is 5.84. The van der Waals surface area contributed by atoms with Crippen molar-refractivity contribution in [2.45, 2.75) is 13.0 Å². The summed E-state index contributed by atoms with van der Waals surface area (Å²) < 4.78 is 0. The monoisotopic (exact) mass is 199 g/mol. The third-order valence-electron chi connectivity index (χ3n) is 1.75. The minimum absolute atomic E-state index is 0.0940. The standard InChI is InChI=1S/C9H10ClNO2/c1-5(11)6-3-2-4-7(8(6)10)9(12)13/h2-5H,11H2,1H3,(H,12,13)/t5-/m0/s1. The lowest BCUT2D eigenvalue weighted by Crippen LogP contribution is -2.08. The van der Waals surface area contributed by atoms with Crippen LogP contribution in [-0.2, 0) is 0 Å². The summed E-state index contributed by atoms with van der Waals surface area (Å²) in [6.45, 7) is 1.76. The van der Waals surface area contributed by atoms with Crippen LogP contribution in [-0.4, -0.2) is 11.1 Å². The van der Waals surface area contributed by atoms with E-state index in [-0.39, 0.29) is 16.6 Å². The van der Waals surface area contributed by atoms with E-state index in [0.29, 0.717) is 5.56 Å². The van der Waals surface area contributed by atoms with Gasteiger partial charge in [-0.2, -0.15) is 0 Å². The first-order valence-corrected chi connectivity index (χ1v) is 4.19. The molecule has 0 heterocycles. The molecule has 1 aromatic carbocycles. The first-order chi connectivity index (χ1) is 6.04. The Bertz CT molecular complexity index is 336. The summed E-state index contributed by atoms with van der Waals surface area (Å²) in [5, 5.41) is 8.97. The maximum Gasteiger partial charge on any atom is 0.337 e. The molecule has 0 aliphatic carbocycles. The Hall–Kier alpha value is -1.06. The van der Waals surface area contributed by atoms with Crippen molar-refractivity contribution < 1.29 is 9.90 Å². The van der Waals surface area contributed by atoms with Crippen molar-refractivity contribution in [2.75, 3.05) is 0 Å². The zero-order chi connectivity index (χ0) is 10.0. The average molecular weight is 200 g/mol. The van der Waals surface area contributed by atoms with Gasteiger partial charge in [0.15, 0.2) is 0 Å². The number of hydrogen-bond donors (Lipinski definition) is 2. The van der Waals surface area contributed by atoms with Crippen molar-refractivity contribution >= 4 is 17.6 Å². The van der Waals surface area contributed by atoms with Gasteiger partial charge in [0.2, 0.25) is 0 Å². The number of aromatic carboxylic acids is 1. The summed E-state index contributed by atoms with van der Waals surface area (Å²) in [5.74, 6) is -1.03. The van der Waals surface area contributed by atoms with Crippen molar-refractivity contribution in [1.29, 1.82) is 0 Å². The first-order valence-electron chi connectivity index (χ1n) is 3.81. The molecule has 0 fully saturated rings. The minimum Gasteiger partial charge on any atom is -0.478 e. The number of nitrogens with two attached hydrogens (primary N) is 1. The third kappa shape index (κ3) is 1.99. The molecule has 13 heavy (non-hydrogen) atoms. The summed E-state index contributed by atoms with van der Waals surface area (Å²) in [5.41, 5.74) is 6.35. The van der Waals surface area contributed by atoms with Gasteiger partial charge in [0, 0.05) is 6.04 Å². The van der Waals surface area contributed by atoms with Gasteiger partial charge in [-0.05, 0) is 18.6 Å². The van der Waals surface area contributed by atoms with Crippen LogP contribution in [0, 0.1) is 0 Å². The quantitative estimate of drug-likeness (QED) is 0.767. The van der Waals surface area contributed by atoms with Gasteiger partial charge < -0.3 is 10.8 Å². The Morgan fingerprint density at radius 3 is 2.69 bits per heavy atom. The fraction of sp³-hybridized carbons (Fsp3) is 0.222. The van der Waals surface area contributed by atoms with Gasteiger partial charge in [0.25, 0.3) is 0 Å². The Morgan fingerprint density at radius 1 is 1.62 bits per heavy atom. The zero-order valence-electron chi connectivity index (χ0n) is 7.12. The number of carboxylic acid groups (broad SMARTS) is 1. The second-order valence-electron chi connectivity index (χ2n) is 2.80. The van der Waals surface area contributed by atoms with Crippen molar-refractivity contribution in [3.05, 3.63) is 34.3 Å². The van der Waals surface area contributed by atoms with Crippen molar-refractivity contribution in [3.8, 4) is 0 Å². The molecule has 3 nitrogen and oxygen atoms in total. The molecule has 0 spiro atoms. The van der Waals surface area contributed by atoms with Crippen LogP contribution in [0.5, 0.6) is 0 Å². The molecule has 0 saturated heterocycles. The van der Waals surface area contributed by atoms with Crippen LogP contribution in [0.3, 0.4) is 0 Å². The Balaban J connectivity index is 3.26. The molecule has 1 rings (SSSR count). The molecule has 0 aliphatic rings. The lowest BCUT2D eigenvalue weighted by Gasteiger charge is -2.09. The average Bonchev–Trinajstić information content (AvgIpc) is 2.03. The fourth-order valence-corrected chi connectivity index (χ4v) is 1.45. The molecule has 4 heteroatoms. The molecule has 0 saturated carbocycles. The lowest BCUT2D eigenvalue weighted by molar-refractivity contribution is 0.0697. The molecule has 3 N–H and O–H groups in total.